The number of methoxy groups -OCH3 is 1. The number of alkyl carbamates (subject to hydrolysis) is 1. The Kier molecular flexibility index (Phi) is 6.62. The molecule has 0 radical (unpaired) electrons. The number of aromatic nitrogens is 1. The molecule has 1 heterocycles. The Balaban J connectivity index is 2.77. The van der Waals surface area contributed by atoms with Crippen LogP contribution in [-0.2, 0) is 20.7 Å². The predicted molar refractivity (Wildman–Crippen MR) is 82.7 cm³/mol. The average Bonchev–Trinajstić information content (AvgIpc) is 2.44. The third kappa shape index (κ3) is 7.34. The summed E-state index contributed by atoms with van der Waals surface area (Å²) in [5.74, 6) is -4.21. The normalized spacial score (nSPS) is 13.1. The first-order valence-electron chi connectivity index (χ1n) is 7.36. The van der Waals surface area contributed by atoms with Gasteiger partial charge in [-0.05, 0) is 32.4 Å². The first-order chi connectivity index (χ1) is 11.0. The number of ether oxygens (including phenoxy) is 2. The molecular weight excluding hydrogens is 322 g/mol. The van der Waals surface area contributed by atoms with E-state index in [1.54, 1.807) is 26.8 Å². The Morgan fingerprint density at radius 3 is 2.50 bits per heavy atom. The van der Waals surface area contributed by atoms with E-state index in [1.807, 2.05) is 0 Å². The highest BCUT2D eigenvalue weighted by Crippen LogP contribution is 2.26. The van der Waals surface area contributed by atoms with Gasteiger partial charge in [-0.3, -0.25) is 4.98 Å². The third-order valence-corrected chi connectivity index (χ3v) is 2.86. The molecule has 1 aromatic heterocycles. The molecule has 0 saturated carbocycles. The fourth-order valence-electron chi connectivity index (χ4n) is 1.96. The zero-order valence-electron chi connectivity index (χ0n) is 14.1. The molecule has 24 heavy (non-hydrogen) atoms. The van der Waals surface area contributed by atoms with Gasteiger partial charge in [0.25, 0.3) is 5.92 Å². The number of hydrogen-bond donors (Lipinski definition) is 1. The van der Waals surface area contributed by atoms with E-state index in [0.717, 1.165) is 7.11 Å². The van der Waals surface area contributed by atoms with Crippen LogP contribution in [0.2, 0.25) is 0 Å². The van der Waals surface area contributed by atoms with Crippen LogP contribution in [0.1, 0.15) is 32.8 Å². The number of alkyl halides is 2. The Bertz CT molecular complexity index is 559. The van der Waals surface area contributed by atoms with Gasteiger partial charge in [0.05, 0.1) is 7.11 Å². The fourth-order valence-corrected chi connectivity index (χ4v) is 1.96. The van der Waals surface area contributed by atoms with Crippen molar-refractivity contribution >= 4 is 12.1 Å². The molecule has 8 heteroatoms. The van der Waals surface area contributed by atoms with Gasteiger partial charge in [0.1, 0.15) is 11.6 Å². The Morgan fingerprint density at radius 2 is 2.00 bits per heavy atom. The van der Waals surface area contributed by atoms with Crippen molar-refractivity contribution < 1.29 is 27.8 Å². The smallest absolute Gasteiger partial charge is 0.408 e. The van der Waals surface area contributed by atoms with E-state index in [2.05, 4.69) is 15.0 Å². The number of esters is 1. The van der Waals surface area contributed by atoms with E-state index in [4.69, 9.17) is 4.74 Å². The molecule has 6 nitrogen and oxygen atoms in total. The van der Waals surface area contributed by atoms with Gasteiger partial charge in [-0.2, -0.15) is 0 Å². The van der Waals surface area contributed by atoms with E-state index < -0.39 is 42.5 Å². The van der Waals surface area contributed by atoms with Crippen LogP contribution in [-0.4, -0.2) is 41.7 Å². The molecule has 0 spiro atoms. The van der Waals surface area contributed by atoms with Gasteiger partial charge in [-0.1, -0.05) is 6.07 Å². The average molecular weight is 344 g/mol. The zero-order valence-corrected chi connectivity index (χ0v) is 14.1. The summed E-state index contributed by atoms with van der Waals surface area (Å²) in [5, 5.41) is 2.13. The van der Waals surface area contributed by atoms with Crippen molar-refractivity contribution in [3.8, 4) is 0 Å². The number of nitrogens with zero attached hydrogens (tertiary/aromatic N) is 1. The van der Waals surface area contributed by atoms with Crippen molar-refractivity contribution in [2.24, 2.45) is 0 Å². The molecule has 1 aromatic rings. The summed E-state index contributed by atoms with van der Waals surface area (Å²) in [6.07, 6.45) is 0.318. The standard InChI is InChI=1S/C16H22F2N2O4/c1-15(2,3)24-14(22)20-12(13(21)23-4)9-16(17,18)8-11-6-5-7-19-10-11/h5-7,10,12H,8-9H2,1-4H3,(H,20,22). The minimum Gasteiger partial charge on any atom is -0.467 e. The molecule has 0 aromatic carbocycles. The van der Waals surface area contributed by atoms with Gasteiger partial charge in [-0.15, -0.1) is 0 Å². The lowest BCUT2D eigenvalue weighted by Gasteiger charge is -2.25. The number of carbonyl (C=O) groups is 2. The minimum absolute atomic E-state index is 0.323. The number of carbonyl (C=O) groups excluding carboxylic acids is 2. The SMILES string of the molecule is COC(=O)C(CC(F)(F)Cc1cccnc1)NC(=O)OC(C)(C)C. The summed E-state index contributed by atoms with van der Waals surface area (Å²) in [5.41, 5.74) is -0.494. The summed E-state index contributed by atoms with van der Waals surface area (Å²) in [7, 11) is 1.06. The third-order valence-electron chi connectivity index (χ3n) is 2.86. The topological polar surface area (TPSA) is 77.5 Å². The van der Waals surface area contributed by atoms with Crippen molar-refractivity contribution in [2.45, 2.75) is 51.2 Å². The van der Waals surface area contributed by atoms with Crippen LogP contribution in [0.3, 0.4) is 0 Å². The van der Waals surface area contributed by atoms with Crippen LogP contribution in [0.5, 0.6) is 0 Å². The highest BCUT2D eigenvalue weighted by Gasteiger charge is 2.38. The van der Waals surface area contributed by atoms with E-state index in [1.165, 1.54) is 18.5 Å². The largest absolute Gasteiger partial charge is 0.467 e. The zero-order chi connectivity index (χ0) is 18.4. The monoisotopic (exact) mass is 344 g/mol. The van der Waals surface area contributed by atoms with E-state index in [9.17, 15) is 18.4 Å². The molecule has 1 rings (SSSR count). The lowest BCUT2D eigenvalue weighted by atomic mass is 10.0. The number of rotatable bonds is 6. The van der Waals surface area contributed by atoms with Crippen molar-refractivity contribution in [1.82, 2.24) is 10.3 Å². The summed E-state index contributed by atoms with van der Waals surface area (Å²) in [4.78, 5) is 27.2. The second-order valence-electron chi connectivity index (χ2n) is 6.32. The molecule has 0 fully saturated rings. The Labute approximate surface area is 139 Å². The van der Waals surface area contributed by atoms with Crippen LogP contribution in [0.15, 0.2) is 24.5 Å². The molecule has 1 N–H and O–H groups in total. The number of nitrogens with one attached hydrogen (secondary N) is 1. The van der Waals surface area contributed by atoms with Crippen LogP contribution >= 0.6 is 0 Å². The Hall–Kier alpha value is -2.25. The number of hydrogen-bond acceptors (Lipinski definition) is 5. The van der Waals surface area contributed by atoms with Crippen LogP contribution in [0.4, 0.5) is 13.6 Å². The highest BCUT2D eigenvalue weighted by molar-refractivity contribution is 5.81. The van der Waals surface area contributed by atoms with Crippen molar-refractivity contribution in [3.05, 3.63) is 30.1 Å². The van der Waals surface area contributed by atoms with Gasteiger partial charge in [-0.25, -0.2) is 18.4 Å². The van der Waals surface area contributed by atoms with Crippen LogP contribution < -0.4 is 5.32 Å². The lowest BCUT2D eigenvalue weighted by Crippen LogP contribution is -2.47. The molecular formula is C16H22F2N2O4. The molecule has 0 aliphatic rings. The second-order valence-corrected chi connectivity index (χ2v) is 6.32. The lowest BCUT2D eigenvalue weighted by molar-refractivity contribution is -0.146. The maximum Gasteiger partial charge on any atom is 0.408 e. The van der Waals surface area contributed by atoms with Gasteiger partial charge >= 0.3 is 12.1 Å². The summed E-state index contributed by atoms with van der Waals surface area (Å²) < 4.78 is 37.9. The molecule has 1 unspecified atom stereocenters. The van der Waals surface area contributed by atoms with Gasteiger partial charge < -0.3 is 14.8 Å². The van der Waals surface area contributed by atoms with Crippen molar-refractivity contribution in [1.29, 1.82) is 0 Å². The Morgan fingerprint density at radius 1 is 1.33 bits per heavy atom. The fraction of sp³-hybridized carbons (Fsp3) is 0.562. The minimum atomic E-state index is -3.24. The van der Waals surface area contributed by atoms with E-state index in [0.29, 0.717) is 5.56 Å². The predicted octanol–water partition coefficient (Wildman–Crippen LogP) is 2.72. The van der Waals surface area contributed by atoms with Crippen molar-refractivity contribution in [2.75, 3.05) is 7.11 Å². The maximum absolute atomic E-state index is 14.2. The quantitative estimate of drug-likeness (QED) is 0.803. The van der Waals surface area contributed by atoms with Gasteiger partial charge in [0.2, 0.25) is 0 Å². The second kappa shape index (κ2) is 8.03. The highest BCUT2D eigenvalue weighted by atomic mass is 19.3. The van der Waals surface area contributed by atoms with Crippen molar-refractivity contribution in [3.63, 3.8) is 0 Å². The first-order valence-corrected chi connectivity index (χ1v) is 7.36. The maximum atomic E-state index is 14.2. The molecule has 1 atom stereocenters. The summed E-state index contributed by atoms with van der Waals surface area (Å²) in [6.45, 7) is 4.87. The summed E-state index contributed by atoms with van der Waals surface area (Å²) >= 11 is 0. The molecule has 1 amide bonds. The molecule has 134 valence electrons. The van der Waals surface area contributed by atoms with Gasteiger partial charge in [0, 0.05) is 25.2 Å². The van der Waals surface area contributed by atoms with Gasteiger partial charge in [0.15, 0.2) is 0 Å². The number of halogens is 2. The number of amides is 1. The number of pyridine rings is 1. The molecule has 0 bridgehead atoms. The first kappa shape index (κ1) is 19.8. The van der Waals surface area contributed by atoms with E-state index in [-0.39, 0.29) is 0 Å². The summed E-state index contributed by atoms with van der Waals surface area (Å²) in [6, 6.07) is 1.54. The molecule has 0 aliphatic heterocycles. The molecule has 0 aliphatic carbocycles. The van der Waals surface area contributed by atoms with E-state index >= 15 is 0 Å². The molecule has 0 saturated heterocycles. The van der Waals surface area contributed by atoms with Crippen LogP contribution in [0, 0.1) is 0 Å². The van der Waals surface area contributed by atoms with Crippen LogP contribution in [0.25, 0.3) is 0 Å².